The third-order valence-corrected chi connectivity index (χ3v) is 27.3. The highest BCUT2D eigenvalue weighted by Crippen LogP contribution is 2.47. The average Bonchev–Trinajstić information content (AvgIpc) is 1.59. The Morgan fingerprint density at radius 3 is 0.616 bits per heavy atom. The number of allylic oxidation sites excluding steroid dienone is 5. The van der Waals surface area contributed by atoms with E-state index in [1.807, 2.05) is 133 Å². The second-order valence-corrected chi connectivity index (χ2v) is 37.4. The second kappa shape index (κ2) is 39.4. The number of amides is 10. The third-order valence-electron chi connectivity index (χ3n) is 27.3. The molecule has 10 amide bonds. The van der Waals surface area contributed by atoms with Crippen molar-refractivity contribution in [3.05, 3.63) is 213 Å². The molecule has 20 rings (SSSR count). The van der Waals surface area contributed by atoms with Gasteiger partial charge in [0.05, 0.1) is 142 Å². The number of carbonyl (C=O) groups excluding carboxylic acids is 10. The number of nitrogens with one attached hydrogen (secondary N) is 5. The maximum Gasteiger partial charge on any atom is 0.276 e. The number of likely N-dealkylation sites (N-methyl/N-ethyl adjacent to an activating group) is 5. The number of carbonyl (C=O) groups is 10. The highest BCUT2D eigenvalue weighted by atomic mass is 16.2. The number of benzene rings is 5. The van der Waals surface area contributed by atoms with Crippen molar-refractivity contribution in [2.75, 3.05) is 119 Å². The molecule has 10 aromatic heterocycles. The van der Waals surface area contributed by atoms with E-state index in [0.717, 1.165) is 84.5 Å². The molecule has 0 spiro atoms. The SMILES string of the molecule is C=CC[C@H]1CN(C)c2cc(C(N)=O)cc3nc(NC(=O)c4cc(C)nn4CC)n1c23.CCn1nc(C)cc1C(=O)Nc1nc2cc(C(N)=O)cc3c2n1[C@@H](C/C=C/C[C@H]1CN(C)c2cc(C(N)=O)cc4nc(NC(=O)c5cc(C)nn5CC)n1c24)CN3C.CCn1nc(C)cc1C(=O)Nc1nc2cc(C(N)=O)cc3c2n1[C@@H](C/C=C\C[C@H]1CN(C)c2cc(C(N)=O)cc4nc(NC(=O)c5cc(C)nn5CC)n1c24)CN3C. The fourth-order valence-corrected chi connectivity index (χ4v) is 20.7. The van der Waals surface area contributed by atoms with Gasteiger partial charge in [0.15, 0.2) is 0 Å². The van der Waals surface area contributed by atoms with Crippen LogP contribution in [-0.2, 0) is 32.7 Å². The normalized spacial score (nSPS) is 16.0. The van der Waals surface area contributed by atoms with Gasteiger partial charge in [0.25, 0.3) is 29.5 Å². The van der Waals surface area contributed by atoms with Crippen molar-refractivity contribution in [3.8, 4) is 0 Å². The monoisotopic (exact) mass is 1980 g/mol. The van der Waals surface area contributed by atoms with Crippen molar-refractivity contribution in [3.63, 3.8) is 0 Å². The molecule has 5 aliphatic rings. The van der Waals surface area contributed by atoms with Gasteiger partial charge in [0.1, 0.15) is 28.5 Å². The summed E-state index contributed by atoms with van der Waals surface area (Å²) in [5.41, 5.74) is 46.7. The Morgan fingerprint density at radius 2 is 0.459 bits per heavy atom. The van der Waals surface area contributed by atoms with Crippen LogP contribution in [0.5, 0.6) is 0 Å². The van der Waals surface area contributed by atoms with Crippen LogP contribution in [0.25, 0.3) is 55.2 Å². The number of hydrogen-bond donors (Lipinski definition) is 10. The number of nitrogens with two attached hydrogens (primary N) is 5. The Labute approximate surface area is 837 Å². The minimum absolute atomic E-state index is 0.0394. The number of aryl methyl sites for hydroxylation is 10. The molecular formula is C101H117N35O10. The second-order valence-electron chi connectivity index (χ2n) is 37.4. The van der Waals surface area contributed by atoms with E-state index in [4.69, 9.17) is 48.6 Å². The van der Waals surface area contributed by atoms with Gasteiger partial charge in [-0.05, 0) is 192 Å². The summed E-state index contributed by atoms with van der Waals surface area (Å²) in [5, 5.41) is 37.2. The lowest BCUT2D eigenvalue weighted by Gasteiger charge is -2.34. The lowest BCUT2D eigenvalue weighted by molar-refractivity contribution is 0.0992. The zero-order chi connectivity index (χ0) is 104. The van der Waals surface area contributed by atoms with Gasteiger partial charge in [0, 0.05) is 129 Å². The summed E-state index contributed by atoms with van der Waals surface area (Å²) >= 11 is 0. The summed E-state index contributed by atoms with van der Waals surface area (Å²) in [5.74, 6) is -2.56. The van der Waals surface area contributed by atoms with E-state index < -0.39 is 29.5 Å². The number of imidazole rings is 5. The Morgan fingerprint density at radius 1 is 0.288 bits per heavy atom. The van der Waals surface area contributed by atoms with Gasteiger partial charge in [-0.2, -0.15) is 25.5 Å². The molecule has 0 saturated carbocycles. The lowest BCUT2D eigenvalue weighted by atomic mass is 10.0. The maximum atomic E-state index is 13.7. The minimum Gasteiger partial charge on any atom is -0.371 e. The zero-order valence-electron chi connectivity index (χ0n) is 83.9. The molecule has 0 radical (unpaired) electrons. The standard InChI is InChI=1S/2C40H46N14O4.C21H25N7O2/c2*1-7-51-31(13-21(3)47-51)37(57)45-39-43-27-15-23(35(41)55)17-29-33(27)53(39)25(19-49(29)5)11-9-10-12-26-20-50(6)30-18-24(36(42)56)16-28-34(30)54(26)40(44-28)46-38(58)32-14-22(4)48-52(32)8-2;1-5-7-14-11-26(4)16-10-13(19(22)29)9-15-18(16)28(14)21(23-15)24-20(30)17-8-12(3)25-27(17)6-2/h2*9-10,13-18,25-26H,7-8,11-12,19-20H2,1-6H3,(H2,41,55)(H2,42,56)(H,43,45,57)(H,44,46,58);5,8-10,14H,1,6-7,11H2,2-4H3,(H2,22,29)(H,23,24,30)/b10-9+;10-9-;/t2*25-,26-;14-/m000/s1. The topological polar surface area (TPSA) is 555 Å². The molecule has 756 valence electrons. The Hall–Kier alpha value is -17.6. The van der Waals surface area contributed by atoms with Gasteiger partial charge in [-0.15, -0.1) is 6.58 Å². The van der Waals surface area contributed by atoms with E-state index in [1.54, 1.807) is 114 Å². The van der Waals surface area contributed by atoms with Gasteiger partial charge >= 0.3 is 0 Å². The van der Waals surface area contributed by atoms with Crippen LogP contribution in [0.3, 0.4) is 0 Å². The van der Waals surface area contributed by atoms with Crippen LogP contribution < -0.4 is 79.8 Å². The highest BCUT2D eigenvalue weighted by molar-refractivity contribution is 6.12. The zero-order valence-corrected chi connectivity index (χ0v) is 83.9. The number of primary amides is 5. The molecule has 5 aromatic carbocycles. The number of nitrogens with zero attached hydrogens (tertiary/aromatic N) is 25. The van der Waals surface area contributed by atoms with Crippen molar-refractivity contribution >= 4 is 172 Å². The first-order chi connectivity index (χ1) is 69.8. The molecule has 15 N–H and O–H groups in total. The van der Waals surface area contributed by atoms with E-state index in [2.05, 4.69) is 112 Å². The molecule has 0 fully saturated rings. The van der Waals surface area contributed by atoms with Crippen LogP contribution in [0.1, 0.15) is 230 Å². The van der Waals surface area contributed by atoms with E-state index in [9.17, 15) is 47.9 Å². The van der Waals surface area contributed by atoms with E-state index >= 15 is 0 Å². The van der Waals surface area contributed by atoms with Crippen LogP contribution in [-0.4, -0.2) is 224 Å². The summed E-state index contributed by atoms with van der Waals surface area (Å²) in [6, 6.07) is 25.3. The maximum absolute atomic E-state index is 13.7. The predicted molar refractivity (Wildman–Crippen MR) is 557 cm³/mol. The van der Waals surface area contributed by atoms with Crippen LogP contribution in [0.4, 0.5) is 58.2 Å². The van der Waals surface area contributed by atoms with Crippen molar-refractivity contribution in [1.82, 2.24) is 96.7 Å². The molecular weight excluding hydrogens is 1860 g/mol. The van der Waals surface area contributed by atoms with Crippen LogP contribution in [0.15, 0.2) is 128 Å². The van der Waals surface area contributed by atoms with Gasteiger partial charge in [-0.3, -0.25) is 97.9 Å². The van der Waals surface area contributed by atoms with Crippen LogP contribution in [0.2, 0.25) is 0 Å². The first-order valence-corrected chi connectivity index (χ1v) is 48.4. The van der Waals surface area contributed by atoms with Crippen molar-refractivity contribution in [2.45, 2.75) is 164 Å². The van der Waals surface area contributed by atoms with Gasteiger partial charge < -0.3 is 76.0 Å². The molecule has 15 heterocycles. The van der Waals surface area contributed by atoms with Gasteiger partial charge in [0.2, 0.25) is 59.3 Å². The first-order valence-electron chi connectivity index (χ1n) is 48.4. The predicted octanol–water partition coefficient (Wildman–Crippen LogP) is 10.8. The summed E-state index contributed by atoms with van der Waals surface area (Å²) in [7, 11) is 9.80. The Balaban J connectivity index is 0.000000151. The summed E-state index contributed by atoms with van der Waals surface area (Å²) in [4.78, 5) is 163. The number of anilines is 10. The first kappa shape index (κ1) is 98.6. The number of hydrogen-bond acceptors (Lipinski definition) is 25. The minimum atomic E-state index is -0.566. The molecule has 45 nitrogen and oxygen atoms in total. The number of aromatic nitrogens is 20. The Kier molecular flexibility index (Phi) is 26.6. The molecule has 0 saturated heterocycles. The molecule has 0 aliphatic carbocycles. The highest BCUT2D eigenvalue weighted by Gasteiger charge is 2.39. The fourth-order valence-electron chi connectivity index (χ4n) is 20.7. The van der Waals surface area contributed by atoms with E-state index in [-0.39, 0.29) is 59.7 Å². The quantitative estimate of drug-likeness (QED) is 0.0187. The van der Waals surface area contributed by atoms with E-state index in [1.165, 1.54) is 0 Å². The third kappa shape index (κ3) is 18.3. The molecule has 5 aliphatic heterocycles. The van der Waals surface area contributed by atoms with Crippen molar-refractivity contribution < 1.29 is 47.9 Å². The molecule has 15 aromatic rings. The number of rotatable bonds is 30. The molecule has 5 atom stereocenters. The van der Waals surface area contributed by atoms with Crippen LogP contribution >= 0.6 is 0 Å². The Bertz CT molecular complexity index is 7230. The van der Waals surface area contributed by atoms with E-state index in [0.29, 0.717) is 211 Å². The van der Waals surface area contributed by atoms with Crippen molar-refractivity contribution in [2.24, 2.45) is 28.7 Å². The van der Waals surface area contributed by atoms with Crippen LogP contribution in [0, 0.1) is 34.6 Å². The summed E-state index contributed by atoms with van der Waals surface area (Å²) in [6.07, 6.45) is 13.4. The summed E-state index contributed by atoms with van der Waals surface area (Å²) in [6.45, 7) is 28.3. The summed E-state index contributed by atoms with van der Waals surface area (Å²) < 4.78 is 18.4. The molecule has 0 unspecified atom stereocenters. The largest absolute Gasteiger partial charge is 0.371 e. The molecule has 45 heteroatoms. The smallest absolute Gasteiger partial charge is 0.276 e. The lowest BCUT2D eigenvalue weighted by Crippen LogP contribution is -2.33. The van der Waals surface area contributed by atoms with Gasteiger partial charge in [-0.1, -0.05) is 30.4 Å². The van der Waals surface area contributed by atoms with Gasteiger partial charge in [-0.25, -0.2) is 24.9 Å². The molecule has 0 bridgehead atoms. The average molecular weight is 1980 g/mol. The fraction of sp³-hybridized carbons (Fsp3) is 0.347. The van der Waals surface area contributed by atoms with Crippen molar-refractivity contribution in [1.29, 1.82) is 0 Å². The molecule has 146 heavy (non-hydrogen) atoms.